The Morgan fingerprint density at radius 1 is 1.04 bits per heavy atom. The summed E-state index contributed by atoms with van der Waals surface area (Å²) in [7, 11) is 1.64. The summed E-state index contributed by atoms with van der Waals surface area (Å²) in [5.74, 6) is 1.21. The van der Waals surface area contributed by atoms with Crippen LogP contribution in [0.1, 0.15) is 27.2 Å². The normalized spacial score (nSPS) is 10.4. The van der Waals surface area contributed by atoms with E-state index < -0.39 is 0 Å². The average Bonchev–Trinajstić information content (AvgIpc) is 2.73. The number of anilines is 1. The fourth-order valence-electron chi connectivity index (χ4n) is 2.87. The molecule has 1 amide bonds. The van der Waals surface area contributed by atoms with Gasteiger partial charge in [0, 0.05) is 13.1 Å². The quantitative estimate of drug-likeness (QED) is 0.630. The molecular weight excluding hydrogens is 352 g/mol. The Bertz CT molecular complexity index is 926. The zero-order valence-electron chi connectivity index (χ0n) is 16.1. The summed E-state index contributed by atoms with van der Waals surface area (Å²) in [5.41, 5.74) is 3.72. The summed E-state index contributed by atoms with van der Waals surface area (Å²) in [6.07, 6.45) is 0.680. The molecule has 0 fully saturated rings. The maximum Gasteiger partial charge on any atom is 0.271 e. The van der Waals surface area contributed by atoms with Gasteiger partial charge in [-0.05, 0) is 42.7 Å². The second kappa shape index (κ2) is 9.50. The highest BCUT2D eigenvalue weighted by molar-refractivity contribution is 5.92. The molecule has 0 saturated carbocycles. The molecule has 0 saturated heterocycles. The number of hydrogen-bond donors (Lipinski definition) is 2. The van der Waals surface area contributed by atoms with Crippen molar-refractivity contribution >= 4 is 11.7 Å². The third-order valence-electron chi connectivity index (χ3n) is 4.33. The summed E-state index contributed by atoms with van der Waals surface area (Å²) < 4.78 is 5.32. The van der Waals surface area contributed by atoms with Crippen LogP contribution in [0, 0.1) is 6.92 Å². The Labute approximate surface area is 165 Å². The molecule has 0 aliphatic heterocycles. The third-order valence-corrected chi connectivity index (χ3v) is 4.33. The SMILES string of the molecule is COc1ccccc1CCNC(=O)c1ccc(NCc2cccc(C)c2)nn1. The smallest absolute Gasteiger partial charge is 0.271 e. The first kappa shape index (κ1) is 19.4. The number of carbonyl (C=O) groups is 1. The largest absolute Gasteiger partial charge is 0.496 e. The van der Waals surface area contributed by atoms with Gasteiger partial charge in [-0.25, -0.2) is 0 Å². The van der Waals surface area contributed by atoms with Crippen molar-refractivity contribution in [3.63, 3.8) is 0 Å². The molecule has 28 heavy (non-hydrogen) atoms. The minimum absolute atomic E-state index is 0.243. The van der Waals surface area contributed by atoms with Crippen molar-refractivity contribution in [3.05, 3.63) is 83.0 Å². The molecule has 6 heteroatoms. The summed E-state index contributed by atoms with van der Waals surface area (Å²) >= 11 is 0. The minimum atomic E-state index is -0.243. The van der Waals surface area contributed by atoms with Gasteiger partial charge in [0.2, 0.25) is 0 Å². The van der Waals surface area contributed by atoms with Crippen molar-refractivity contribution in [2.45, 2.75) is 19.9 Å². The van der Waals surface area contributed by atoms with Crippen molar-refractivity contribution in [1.82, 2.24) is 15.5 Å². The van der Waals surface area contributed by atoms with Gasteiger partial charge in [-0.15, -0.1) is 10.2 Å². The standard InChI is InChI=1S/C22H24N4O2/c1-16-6-5-7-17(14-16)15-24-21-11-10-19(25-26-21)22(27)23-13-12-18-8-3-4-9-20(18)28-2/h3-11,14H,12-13,15H2,1-2H3,(H,23,27)(H,24,26). The van der Waals surface area contributed by atoms with Crippen LogP contribution in [0.5, 0.6) is 5.75 Å². The number of hydrogen-bond acceptors (Lipinski definition) is 5. The Morgan fingerprint density at radius 2 is 1.89 bits per heavy atom. The predicted octanol–water partition coefficient (Wildman–Crippen LogP) is 3.38. The number of rotatable bonds is 8. The molecule has 0 bridgehead atoms. The lowest BCUT2D eigenvalue weighted by atomic mass is 10.1. The van der Waals surface area contributed by atoms with Crippen LogP contribution in [0.4, 0.5) is 5.82 Å². The monoisotopic (exact) mass is 376 g/mol. The minimum Gasteiger partial charge on any atom is -0.496 e. The second-order valence-electron chi connectivity index (χ2n) is 6.46. The number of para-hydroxylation sites is 1. The lowest BCUT2D eigenvalue weighted by Gasteiger charge is -2.09. The van der Waals surface area contributed by atoms with E-state index in [1.807, 2.05) is 30.3 Å². The number of aromatic nitrogens is 2. The molecule has 2 aromatic carbocycles. The number of ether oxygens (including phenoxy) is 1. The molecule has 0 aliphatic carbocycles. The van der Waals surface area contributed by atoms with Gasteiger partial charge in [-0.3, -0.25) is 4.79 Å². The van der Waals surface area contributed by atoms with Gasteiger partial charge in [-0.1, -0.05) is 48.0 Å². The Hall–Kier alpha value is -3.41. The van der Waals surface area contributed by atoms with Crippen LogP contribution in [0.2, 0.25) is 0 Å². The third kappa shape index (κ3) is 5.30. The van der Waals surface area contributed by atoms with Crippen LogP contribution in [-0.4, -0.2) is 29.8 Å². The van der Waals surface area contributed by atoms with Crippen LogP contribution in [0.25, 0.3) is 0 Å². The Morgan fingerprint density at radius 3 is 2.64 bits per heavy atom. The fraction of sp³-hybridized carbons (Fsp3) is 0.227. The van der Waals surface area contributed by atoms with Crippen molar-refractivity contribution in [1.29, 1.82) is 0 Å². The second-order valence-corrected chi connectivity index (χ2v) is 6.46. The van der Waals surface area contributed by atoms with E-state index in [1.165, 1.54) is 11.1 Å². The first-order valence-electron chi connectivity index (χ1n) is 9.19. The number of aryl methyl sites for hydroxylation is 1. The Kier molecular flexibility index (Phi) is 6.57. The van der Waals surface area contributed by atoms with Crippen molar-refractivity contribution in [3.8, 4) is 5.75 Å². The van der Waals surface area contributed by atoms with Crippen molar-refractivity contribution in [2.24, 2.45) is 0 Å². The molecular formula is C22H24N4O2. The fourth-order valence-corrected chi connectivity index (χ4v) is 2.87. The highest BCUT2D eigenvalue weighted by Crippen LogP contribution is 2.17. The number of carbonyl (C=O) groups excluding carboxylic acids is 1. The first-order chi connectivity index (χ1) is 13.7. The molecule has 1 aromatic heterocycles. The highest BCUT2D eigenvalue weighted by Gasteiger charge is 2.09. The van der Waals surface area contributed by atoms with Crippen LogP contribution in [-0.2, 0) is 13.0 Å². The molecule has 6 nitrogen and oxygen atoms in total. The number of methoxy groups -OCH3 is 1. The molecule has 3 aromatic rings. The van der Waals surface area contributed by atoms with E-state index >= 15 is 0 Å². The molecule has 0 radical (unpaired) electrons. The van der Waals surface area contributed by atoms with Crippen LogP contribution >= 0.6 is 0 Å². The van der Waals surface area contributed by atoms with E-state index in [0.717, 1.165) is 11.3 Å². The van der Waals surface area contributed by atoms with E-state index in [0.29, 0.717) is 31.0 Å². The number of nitrogens with one attached hydrogen (secondary N) is 2. The summed E-state index contributed by atoms with van der Waals surface area (Å²) in [6.45, 7) is 3.21. The number of benzene rings is 2. The van der Waals surface area contributed by atoms with E-state index in [9.17, 15) is 4.79 Å². The van der Waals surface area contributed by atoms with E-state index in [1.54, 1.807) is 19.2 Å². The van der Waals surface area contributed by atoms with Gasteiger partial charge in [-0.2, -0.15) is 0 Å². The van der Waals surface area contributed by atoms with Gasteiger partial charge in [0.25, 0.3) is 5.91 Å². The lowest BCUT2D eigenvalue weighted by molar-refractivity contribution is 0.0948. The number of nitrogens with zero attached hydrogens (tertiary/aromatic N) is 2. The zero-order chi connectivity index (χ0) is 19.8. The summed E-state index contributed by atoms with van der Waals surface area (Å²) in [4.78, 5) is 12.3. The molecule has 144 valence electrons. The van der Waals surface area contributed by atoms with E-state index in [-0.39, 0.29) is 5.91 Å². The molecule has 1 heterocycles. The van der Waals surface area contributed by atoms with Gasteiger partial charge < -0.3 is 15.4 Å². The van der Waals surface area contributed by atoms with Gasteiger partial charge >= 0.3 is 0 Å². The summed E-state index contributed by atoms with van der Waals surface area (Å²) in [6, 6.07) is 19.5. The van der Waals surface area contributed by atoms with E-state index in [4.69, 9.17) is 4.74 Å². The average molecular weight is 376 g/mol. The van der Waals surface area contributed by atoms with Crippen LogP contribution < -0.4 is 15.4 Å². The van der Waals surface area contributed by atoms with Crippen molar-refractivity contribution in [2.75, 3.05) is 19.0 Å². The maximum absolute atomic E-state index is 12.3. The van der Waals surface area contributed by atoms with Gasteiger partial charge in [0.1, 0.15) is 11.6 Å². The Balaban J connectivity index is 1.49. The van der Waals surface area contributed by atoms with Crippen molar-refractivity contribution < 1.29 is 9.53 Å². The molecule has 0 atom stereocenters. The zero-order valence-corrected chi connectivity index (χ0v) is 16.1. The highest BCUT2D eigenvalue weighted by atomic mass is 16.5. The summed E-state index contributed by atoms with van der Waals surface area (Å²) in [5, 5.41) is 14.2. The maximum atomic E-state index is 12.3. The molecule has 0 spiro atoms. The van der Waals surface area contributed by atoms with Gasteiger partial charge in [0.05, 0.1) is 7.11 Å². The molecule has 2 N–H and O–H groups in total. The lowest BCUT2D eigenvalue weighted by Crippen LogP contribution is -2.27. The first-order valence-corrected chi connectivity index (χ1v) is 9.19. The van der Waals surface area contributed by atoms with E-state index in [2.05, 4.69) is 46.0 Å². The van der Waals surface area contributed by atoms with Crippen LogP contribution in [0.3, 0.4) is 0 Å². The topological polar surface area (TPSA) is 76.1 Å². The molecule has 0 aliphatic rings. The predicted molar refractivity (Wildman–Crippen MR) is 110 cm³/mol. The molecule has 0 unspecified atom stereocenters. The number of amides is 1. The van der Waals surface area contributed by atoms with Crippen LogP contribution in [0.15, 0.2) is 60.7 Å². The molecule has 3 rings (SSSR count). The van der Waals surface area contributed by atoms with Gasteiger partial charge in [0.15, 0.2) is 5.69 Å².